The SMILES string of the molecule is C=C1C[C@@H](COC(C)=O)N(C(=O)c2cc(C)c(OCCCOc3cc(NC(=O)OC(C)(C)C)c(C(=O)N4CC(=C)C[C@H]4CC)cc3OC)cc2NC(=O)OCc2ccc(CC(=O)[C@H](C)NC(=O)[C@@H](C)C(C)C)cc2)C1. The largest absolute Gasteiger partial charge is 0.493 e. The van der Waals surface area contributed by atoms with Crippen LogP contribution in [0.3, 0.4) is 0 Å². The van der Waals surface area contributed by atoms with Crippen molar-refractivity contribution in [3.8, 4) is 17.2 Å². The van der Waals surface area contributed by atoms with Crippen molar-refractivity contribution in [2.75, 3.05) is 50.7 Å². The Morgan fingerprint density at radius 2 is 1.28 bits per heavy atom. The molecule has 3 aromatic carbocycles. The summed E-state index contributed by atoms with van der Waals surface area (Å²) in [6.07, 6.45) is 0.677. The molecule has 0 spiro atoms. The van der Waals surface area contributed by atoms with Crippen LogP contribution in [0.15, 0.2) is 72.8 Å². The van der Waals surface area contributed by atoms with Crippen molar-refractivity contribution in [3.05, 3.63) is 101 Å². The molecule has 2 fully saturated rings. The predicted octanol–water partition coefficient (Wildman–Crippen LogP) is 9.37. The van der Waals surface area contributed by atoms with Gasteiger partial charge >= 0.3 is 18.2 Å². The van der Waals surface area contributed by atoms with E-state index in [1.54, 1.807) is 86.9 Å². The summed E-state index contributed by atoms with van der Waals surface area (Å²) in [5, 5.41) is 8.27. The number of anilines is 2. The molecule has 0 bridgehead atoms. The highest BCUT2D eigenvalue weighted by Gasteiger charge is 2.35. The number of nitrogens with zero attached hydrogens (tertiary/aromatic N) is 2. The van der Waals surface area contributed by atoms with Crippen molar-refractivity contribution in [2.45, 2.75) is 132 Å². The van der Waals surface area contributed by atoms with Gasteiger partial charge in [0.2, 0.25) is 5.91 Å². The number of hydrogen-bond acceptors (Lipinski definition) is 13. The van der Waals surface area contributed by atoms with Crippen LogP contribution in [0, 0.1) is 18.8 Å². The summed E-state index contributed by atoms with van der Waals surface area (Å²) < 4.78 is 34.5. The maximum atomic E-state index is 14.3. The van der Waals surface area contributed by atoms with E-state index >= 15 is 0 Å². The minimum absolute atomic E-state index is 0.0303. The molecule has 18 nitrogen and oxygen atoms in total. The number of esters is 1. The lowest BCUT2D eigenvalue weighted by molar-refractivity contribution is -0.142. The molecule has 2 heterocycles. The third-order valence-electron chi connectivity index (χ3n) is 13.0. The zero-order valence-electron chi connectivity index (χ0n) is 45.4. The van der Waals surface area contributed by atoms with Gasteiger partial charge in [-0.15, -0.1) is 0 Å². The highest BCUT2D eigenvalue weighted by molar-refractivity contribution is 6.05. The average molecular weight is 1040 g/mol. The highest BCUT2D eigenvalue weighted by atomic mass is 16.6. The Hall–Kier alpha value is -7.37. The van der Waals surface area contributed by atoms with E-state index in [9.17, 15) is 33.6 Å². The molecule has 0 unspecified atom stereocenters. The topological polar surface area (TPSA) is 217 Å². The minimum atomic E-state index is -0.854. The van der Waals surface area contributed by atoms with Gasteiger partial charge in [0, 0.05) is 56.9 Å². The Morgan fingerprint density at radius 3 is 1.85 bits per heavy atom. The van der Waals surface area contributed by atoms with Gasteiger partial charge in [-0.2, -0.15) is 0 Å². The van der Waals surface area contributed by atoms with Crippen molar-refractivity contribution < 1.29 is 62.0 Å². The normalized spacial score (nSPS) is 16.2. The number of likely N-dealkylation sites (tertiary alicyclic amines) is 2. The summed E-state index contributed by atoms with van der Waals surface area (Å²) in [6, 6.07) is 12.0. The van der Waals surface area contributed by atoms with Gasteiger partial charge in [0.1, 0.15) is 24.6 Å². The van der Waals surface area contributed by atoms with Crippen LogP contribution >= 0.6 is 0 Å². The smallest absolute Gasteiger partial charge is 0.412 e. The van der Waals surface area contributed by atoms with Crippen LogP contribution in [0.25, 0.3) is 0 Å². The van der Waals surface area contributed by atoms with Gasteiger partial charge in [-0.3, -0.25) is 34.6 Å². The first kappa shape index (κ1) is 58.5. The van der Waals surface area contributed by atoms with Crippen molar-refractivity contribution in [1.29, 1.82) is 0 Å². The monoisotopic (exact) mass is 1040 g/mol. The number of ether oxygens (including phenoxy) is 6. The van der Waals surface area contributed by atoms with Gasteiger partial charge in [0.25, 0.3) is 11.8 Å². The summed E-state index contributed by atoms with van der Waals surface area (Å²) in [6.45, 7) is 26.5. The third kappa shape index (κ3) is 16.6. The second-order valence-corrected chi connectivity index (χ2v) is 20.6. The minimum Gasteiger partial charge on any atom is -0.493 e. The highest BCUT2D eigenvalue weighted by Crippen LogP contribution is 2.37. The molecule has 406 valence electrons. The summed E-state index contributed by atoms with van der Waals surface area (Å²) >= 11 is 0. The lowest BCUT2D eigenvalue weighted by Gasteiger charge is -2.26. The van der Waals surface area contributed by atoms with Gasteiger partial charge in [0.15, 0.2) is 17.3 Å². The first-order valence-corrected chi connectivity index (χ1v) is 25.4. The first-order valence-electron chi connectivity index (χ1n) is 25.4. The van der Waals surface area contributed by atoms with Crippen LogP contribution in [-0.2, 0) is 41.6 Å². The molecule has 2 aliphatic rings. The Morgan fingerprint density at radius 1 is 0.733 bits per heavy atom. The fourth-order valence-corrected chi connectivity index (χ4v) is 8.47. The number of rotatable bonds is 22. The van der Waals surface area contributed by atoms with E-state index in [1.807, 2.05) is 27.7 Å². The average Bonchev–Trinajstić information content (AvgIpc) is 3.93. The predicted molar refractivity (Wildman–Crippen MR) is 284 cm³/mol. The van der Waals surface area contributed by atoms with E-state index in [0.29, 0.717) is 42.7 Å². The zero-order valence-corrected chi connectivity index (χ0v) is 45.4. The number of carbonyl (C=O) groups is 7. The van der Waals surface area contributed by atoms with E-state index in [4.69, 9.17) is 28.4 Å². The molecule has 0 aliphatic carbocycles. The first-order chi connectivity index (χ1) is 35.4. The fourth-order valence-electron chi connectivity index (χ4n) is 8.47. The van der Waals surface area contributed by atoms with Crippen LogP contribution in [0.4, 0.5) is 21.0 Å². The second kappa shape index (κ2) is 26.2. The number of methoxy groups -OCH3 is 1. The van der Waals surface area contributed by atoms with Crippen LogP contribution in [0.2, 0.25) is 0 Å². The van der Waals surface area contributed by atoms with E-state index < -0.39 is 41.7 Å². The van der Waals surface area contributed by atoms with Crippen LogP contribution in [-0.4, -0.2) is 115 Å². The van der Waals surface area contributed by atoms with Crippen molar-refractivity contribution >= 4 is 53.0 Å². The van der Waals surface area contributed by atoms with Crippen molar-refractivity contribution in [3.63, 3.8) is 0 Å². The quantitative estimate of drug-likeness (QED) is 0.0370. The van der Waals surface area contributed by atoms with E-state index in [1.165, 1.54) is 20.1 Å². The molecule has 5 amide bonds. The number of nitrogens with one attached hydrogen (secondary N) is 3. The summed E-state index contributed by atoms with van der Waals surface area (Å²) in [5.74, 6) is -0.746. The molecular weight excluding hydrogens is 963 g/mol. The zero-order chi connectivity index (χ0) is 55.3. The molecule has 0 aromatic heterocycles. The van der Waals surface area contributed by atoms with E-state index in [0.717, 1.165) is 23.1 Å². The molecular formula is C57H75N5O13. The Kier molecular flexibility index (Phi) is 20.5. The third-order valence-corrected chi connectivity index (χ3v) is 13.0. The standard InChI is InChI=1S/C57H75N5O13/c1-14-42-22-34(4)29-61(42)54(67)45-26-50(70-13)51(28-47(45)60-56(69)75-57(10,11)12)72-21-15-20-71-49-27-46(44(24-36(49)6)53(66)62-30-35(5)23-43(62)32-73-39(9)63)59-55(68)74-31-41-18-16-40(17-19-41)25-48(64)38(8)58-52(65)37(7)33(2)3/h16-19,24,26-28,33,37-38,42-43H,4-5,14-15,20-23,25,29-32H2,1-3,6-13H3,(H,58,65)(H,59,68)(H,60,69)/t37-,38-,42+,43-/m0/s1. The molecule has 75 heavy (non-hydrogen) atoms. The second-order valence-electron chi connectivity index (χ2n) is 20.6. The molecule has 0 saturated carbocycles. The maximum Gasteiger partial charge on any atom is 0.412 e. The van der Waals surface area contributed by atoms with Crippen LogP contribution in [0.1, 0.15) is 125 Å². The van der Waals surface area contributed by atoms with Crippen LogP contribution in [0.5, 0.6) is 17.2 Å². The number of ketones is 1. The molecule has 2 saturated heterocycles. The molecule has 3 N–H and O–H groups in total. The van der Waals surface area contributed by atoms with Gasteiger partial charge < -0.3 is 43.5 Å². The van der Waals surface area contributed by atoms with Crippen molar-refractivity contribution in [1.82, 2.24) is 15.1 Å². The van der Waals surface area contributed by atoms with Crippen molar-refractivity contribution in [2.24, 2.45) is 11.8 Å². The summed E-state index contributed by atoms with van der Waals surface area (Å²) in [7, 11) is 1.45. The van der Waals surface area contributed by atoms with E-state index in [2.05, 4.69) is 29.1 Å². The summed E-state index contributed by atoms with van der Waals surface area (Å²) in [4.78, 5) is 95.4. The number of Topliss-reactive ketones (excluding diaryl/α,β-unsaturated/α-hetero) is 1. The number of carbonyl (C=O) groups excluding carboxylic acids is 7. The molecule has 5 rings (SSSR count). The summed E-state index contributed by atoms with van der Waals surface area (Å²) in [5.41, 5.74) is 3.49. The molecule has 0 radical (unpaired) electrons. The molecule has 18 heteroatoms. The molecule has 3 aromatic rings. The number of amides is 5. The Labute approximate surface area is 440 Å². The van der Waals surface area contributed by atoms with Gasteiger partial charge in [-0.05, 0) is 88.6 Å². The number of aryl methyl sites for hydroxylation is 1. The molecule has 4 atom stereocenters. The fraction of sp³-hybridized carbons (Fsp3) is 0.491. The van der Waals surface area contributed by atoms with E-state index in [-0.39, 0.29) is 109 Å². The van der Waals surface area contributed by atoms with Gasteiger partial charge in [0.05, 0.1) is 54.9 Å². The van der Waals surface area contributed by atoms with Gasteiger partial charge in [-0.1, -0.05) is 76.3 Å². The lowest BCUT2D eigenvalue weighted by Crippen LogP contribution is -2.42. The van der Waals surface area contributed by atoms with Gasteiger partial charge in [-0.25, -0.2) is 9.59 Å². The number of benzene rings is 3. The molecule has 2 aliphatic heterocycles. The van der Waals surface area contributed by atoms with Crippen LogP contribution < -0.4 is 30.2 Å². The maximum absolute atomic E-state index is 14.3. The Balaban J connectivity index is 1.30. The number of hydrogen-bond donors (Lipinski definition) is 3. The lowest BCUT2D eigenvalue weighted by atomic mass is 9.96. The Bertz CT molecular complexity index is 2620.